The van der Waals surface area contributed by atoms with Gasteiger partial charge in [-0.1, -0.05) is 49.4 Å². The minimum Gasteiger partial charge on any atom is -0.444 e. The Balaban J connectivity index is 1.61. The van der Waals surface area contributed by atoms with Gasteiger partial charge in [-0.3, -0.25) is 19.2 Å². The molecular weight excluding hydrogens is 410 g/mol. The third kappa shape index (κ3) is 5.37. The second-order valence-electron chi connectivity index (χ2n) is 7.32. The maximum atomic E-state index is 12.6. The number of carbonyl (C=O) groups excluding carboxylic acids is 1. The molecule has 0 saturated carbocycles. The zero-order valence-corrected chi connectivity index (χ0v) is 17.9. The molecule has 9 nitrogen and oxygen atoms in total. The van der Waals surface area contributed by atoms with Gasteiger partial charge in [0, 0.05) is 18.8 Å². The maximum absolute atomic E-state index is 12.6. The lowest BCUT2D eigenvalue weighted by Crippen LogP contribution is -2.42. The van der Waals surface area contributed by atoms with Crippen molar-refractivity contribution in [1.82, 2.24) is 9.13 Å². The SMILES string of the molecule is CCCn1c(=O)c(N)c(N)n(CCc2ccc(NC(=O)OCc3ccccc3)cc2)c1=O. The predicted molar refractivity (Wildman–Crippen MR) is 124 cm³/mol. The molecule has 0 bridgehead atoms. The topological polar surface area (TPSA) is 134 Å². The van der Waals surface area contributed by atoms with Crippen LogP contribution in [0.1, 0.15) is 24.5 Å². The van der Waals surface area contributed by atoms with E-state index in [-0.39, 0.29) is 31.2 Å². The van der Waals surface area contributed by atoms with Gasteiger partial charge in [0.1, 0.15) is 18.1 Å². The summed E-state index contributed by atoms with van der Waals surface area (Å²) in [6.45, 7) is 2.60. The number of benzene rings is 2. The Labute approximate surface area is 185 Å². The zero-order valence-electron chi connectivity index (χ0n) is 17.9. The van der Waals surface area contributed by atoms with E-state index in [4.69, 9.17) is 16.2 Å². The molecule has 32 heavy (non-hydrogen) atoms. The van der Waals surface area contributed by atoms with E-state index in [1.54, 1.807) is 12.1 Å². The summed E-state index contributed by atoms with van der Waals surface area (Å²) in [4.78, 5) is 36.8. The summed E-state index contributed by atoms with van der Waals surface area (Å²) in [6, 6.07) is 16.6. The largest absolute Gasteiger partial charge is 0.444 e. The standard InChI is InChI=1S/C23H27N5O4/c1-2-13-28-21(29)19(24)20(25)27(23(28)31)14-12-16-8-10-18(11-9-16)26-22(30)32-15-17-6-4-3-5-7-17/h3-11H,2,12-15,24-25H2,1H3,(H,26,30). The van der Waals surface area contributed by atoms with Crippen LogP contribution in [0.5, 0.6) is 0 Å². The van der Waals surface area contributed by atoms with Crippen LogP contribution in [-0.4, -0.2) is 15.2 Å². The van der Waals surface area contributed by atoms with Gasteiger partial charge >= 0.3 is 11.8 Å². The van der Waals surface area contributed by atoms with E-state index in [2.05, 4.69) is 5.32 Å². The van der Waals surface area contributed by atoms with Crippen molar-refractivity contribution in [1.29, 1.82) is 0 Å². The van der Waals surface area contributed by atoms with E-state index in [9.17, 15) is 14.4 Å². The van der Waals surface area contributed by atoms with Crippen LogP contribution >= 0.6 is 0 Å². The van der Waals surface area contributed by atoms with Crippen molar-refractivity contribution < 1.29 is 9.53 Å². The average Bonchev–Trinajstić information content (AvgIpc) is 2.81. The number of anilines is 3. The average molecular weight is 438 g/mol. The number of nitrogens with two attached hydrogens (primary N) is 2. The van der Waals surface area contributed by atoms with Crippen molar-refractivity contribution >= 4 is 23.3 Å². The molecule has 0 spiro atoms. The van der Waals surface area contributed by atoms with Gasteiger partial charge in [-0.2, -0.15) is 0 Å². The van der Waals surface area contributed by atoms with Gasteiger partial charge in [0.2, 0.25) is 0 Å². The number of hydrogen-bond acceptors (Lipinski definition) is 6. The van der Waals surface area contributed by atoms with Crippen molar-refractivity contribution in [3.63, 3.8) is 0 Å². The van der Waals surface area contributed by atoms with Gasteiger partial charge in [-0.25, -0.2) is 9.59 Å². The van der Waals surface area contributed by atoms with Gasteiger partial charge in [-0.15, -0.1) is 0 Å². The van der Waals surface area contributed by atoms with Crippen LogP contribution in [0.3, 0.4) is 0 Å². The first-order valence-corrected chi connectivity index (χ1v) is 10.4. The molecule has 3 aromatic rings. The Bertz CT molecular complexity index is 1180. The molecule has 0 unspecified atom stereocenters. The second kappa shape index (κ2) is 10.3. The number of hydrogen-bond donors (Lipinski definition) is 3. The lowest BCUT2D eigenvalue weighted by atomic mass is 10.1. The maximum Gasteiger partial charge on any atom is 0.411 e. The first-order chi connectivity index (χ1) is 15.4. The lowest BCUT2D eigenvalue weighted by Gasteiger charge is -2.15. The highest BCUT2D eigenvalue weighted by molar-refractivity contribution is 5.84. The van der Waals surface area contributed by atoms with E-state index >= 15 is 0 Å². The number of rotatable bonds is 8. The van der Waals surface area contributed by atoms with E-state index in [1.165, 1.54) is 4.57 Å². The van der Waals surface area contributed by atoms with Crippen LogP contribution in [0.25, 0.3) is 0 Å². The summed E-state index contributed by atoms with van der Waals surface area (Å²) in [5.74, 6) is -0.0215. The van der Waals surface area contributed by atoms with E-state index < -0.39 is 17.3 Å². The van der Waals surface area contributed by atoms with Crippen LogP contribution in [0, 0.1) is 0 Å². The number of nitrogens with zero attached hydrogens (tertiary/aromatic N) is 2. The van der Waals surface area contributed by atoms with Crippen LogP contribution in [0.4, 0.5) is 22.0 Å². The molecule has 0 radical (unpaired) electrons. The molecule has 0 fully saturated rings. The predicted octanol–water partition coefficient (Wildman–Crippen LogP) is 2.58. The van der Waals surface area contributed by atoms with Gasteiger partial charge in [-0.05, 0) is 36.1 Å². The summed E-state index contributed by atoms with van der Waals surface area (Å²) in [6.07, 6.45) is 0.572. The summed E-state index contributed by atoms with van der Waals surface area (Å²) in [7, 11) is 0. The lowest BCUT2D eigenvalue weighted by molar-refractivity contribution is 0.155. The highest BCUT2D eigenvalue weighted by Crippen LogP contribution is 2.13. The third-order valence-electron chi connectivity index (χ3n) is 4.99. The first-order valence-electron chi connectivity index (χ1n) is 10.4. The van der Waals surface area contributed by atoms with Crippen molar-refractivity contribution in [2.45, 2.75) is 39.5 Å². The Morgan fingerprint density at radius 3 is 2.28 bits per heavy atom. The van der Waals surface area contributed by atoms with Gasteiger partial charge in [0.15, 0.2) is 0 Å². The molecule has 5 N–H and O–H groups in total. The van der Waals surface area contributed by atoms with Crippen LogP contribution in [0.2, 0.25) is 0 Å². The molecule has 0 atom stereocenters. The van der Waals surface area contributed by atoms with Crippen LogP contribution in [-0.2, 0) is 30.9 Å². The molecule has 0 aliphatic carbocycles. The Kier molecular flexibility index (Phi) is 7.33. The van der Waals surface area contributed by atoms with Crippen molar-refractivity contribution in [3.05, 3.63) is 86.6 Å². The minimum absolute atomic E-state index is 0.0215. The van der Waals surface area contributed by atoms with E-state index in [0.717, 1.165) is 15.7 Å². The Morgan fingerprint density at radius 2 is 1.62 bits per heavy atom. The number of amides is 1. The van der Waals surface area contributed by atoms with E-state index in [0.29, 0.717) is 18.5 Å². The summed E-state index contributed by atoms with van der Waals surface area (Å²) >= 11 is 0. The molecule has 2 aromatic carbocycles. The normalized spacial score (nSPS) is 10.7. The fourth-order valence-corrected chi connectivity index (χ4v) is 3.25. The molecule has 0 aliphatic rings. The molecule has 1 aromatic heterocycles. The van der Waals surface area contributed by atoms with Crippen LogP contribution in [0.15, 0.2) is 64.2 Å². The monoisotopic (exact) mass is 437 g/mol. The van der Waals surface area contributed by atoms with Crippen LogP contribution < -0.4 is 28.0 Å². The van der Waals surface area contributed by atoms with Crippen molar-refractivity contribution in [2.75, 3.05) is 16.8 Å². The highest BCUT2D eigenvalue weighted by atomic mass is 16.5. The summed E-state index contributed by atoms with van der Waals surface area (Å²) in [5.41, 5.74) is 13.0. The number of ether oxygens (including phenoxy) is 1. The fraction of sp³-hybridized carbons (Fsp3) is 0.261. The molecule has 1 heterocycles. The summed E-state index contributed by atoms with van der Waals surface area (Å²) in [5, 5.41) is 2.68. The smallest absolute Gasteiger partial charge is 0.411 e. The molecule has 9 heteroatoms. The fourth-order valence-electron chi connectivity index (χ4n) is 3.25. The molecule has 1 amide bonds. The third-order valence-corrected chi connectivity index (χ3v) is 4.99. The van der Waals surface area contributed by atoms with Crippen molar-refractivity contribution in [3.8, 4) is 0 Å². The zero-order chi connectivity index (χ0) is 23.1. The molecule has 3 rings (SSSR count). The summed E-state index contributed by atoms with van der Waals surface area (Å²) < 4.78 is 7.63. The minimum atomic E-state index is -0.555. The van der Waals surface area contributed by atoms with Crippen molar-refractivity contribution in [2.24, 2.45) is 0 Å². The molecular formula is C23H27N5O4. The number of aryl methyl sites for hydroxylation is 1. The Hall–Kier alpha value is -4.01. The first kappa shape index (κ1) is 22.7. The molecule has 0 saturated heterocycles. The second-order valence-corrected chi connectivity index (χ2v) is 7.32. The van der Waals surface area contributed by atoms with Gasteiger partial charge < -0.3 is 16.2 Å². The molecule has 0 aliphatic heterocycles. The Morgan fingerprint density at radius 1 is 0.938 bits per heavy atom. The van der Waals surface area contributed by atoms with Gasteiger partial charge in [0.05, 0.1) is 0 Å². The van der Waals surface area contributed by atoms with E-state index in [1.807, 2.05) is 49.4 Å². The number of carbonyl (C=O) groups is 1. The number of nitrogens with one attached hydrogen (secondary N) is 1. The highest BCUT2D eigenvalue weighted by Gasteiger charge is 2.14. The number of aromatic nitrogens is 2. The number of nitrogen functional groups attached to an aromatic ring is 2. The molecule has 168 valence electrons. The van der Waals surface area contributed by atoms with Gasteiger partial charge in [0.25, 0.3) is 5.56 Å². The quantitative estimate of drug-likeness (QED) is 0.496.